The van der Waals surface area contributed by atoms with Crippen LogP contribution in [0.15, 0.2) is 53.4 Å². The Morgan fingerprint density at radius 3 is 2.27 bits per heavy atom. The first-order valence-corrected chi connectivity index (χ1v) is 10.4. The van der Waals surface area contributed by atoms with E-state index in [1.54, 1.807) is 0 Å². The summed E-state index contributed by atoms with van der Waals surface area (Å²) in [7, 11) is -1.82. The lowest BCUT2D eigenvalue weighted by atomic mass is 10.2. The second kappa shape index (κ2) is 8.62. The summed E-state index contributed by atoms with van der Waals surface area (Å²) in [6.07, 6.45) is -4.81. The first-order chi connectivity index (χ1) is 14.0. The van der Waals surface area contributed by atoms with E-state index in [1.165, 1.54) is 40.7 Å². The van der Waals surface area contributed by atoms with Crippen molar-refractivity contribution in [3.05, 3.63) is 54.1 Å². The highest BCUT2D eigenvalue weighted by Crippen LogP contribution is 2.24. The van der Waals surface area contributed by atoms with E-state index in [1.807, 2.05) is 11.9 Å². The smallest absolute Gasteiger partial charge is 0.406 e. The van der Waals surface area contributed by atoms with Crippen LogP contribution >= 0.6 is 0 Å². The minimum Gasteiger partial charge on any atom is -0.406 e. The van der Waals surface area contributed by atoms with E-state index in [2.05, 4.69) is 10.1 Å². The maximum atomic E-state index is 12.8. The number of alkyl halides is 3. The molecule has 7 nitrogen and oxygen atoms in total. The van der Waals surface area contributed by atoms with Crippen LogP contribution in [0, 0.1) is 0 Å². The van der Waals surface area contributed by atoms with Crippen LogP contribution in [0.2, 0.25) is 0 Å². The lowest BCUT2D eigenvalue weighted by molar-refractivity contribution is -0.274. The summed E-state index contributed by atoms with van der Waals surface area (Å²) >= 11 is 0. The number of piperazine rings is 1. The molecule has 2 aromatic rings. The molecule has 2 aromatic carbocycles. The van der Waals surface area contributed by atoms with Crippen molar-refractivity contribution in [1.82, 2.24) is 9.21 Å². The third-order valence-corrected chi connectivity index (χ3v) is 6.44. The highest BCUT2D eigenvalue weighted by atomic mass is 32.2. The highest BCUT2D eigenvalue weighted by molar-refractivity contribution is 7.89. The molecular formula is C19H20F3N3O4S. The minimum atomic E-state index is -4.81. The predicted molar refractivity (Wildman–Crippen MR) is 104 cm³/mol. The number of carbonyl (C=O) groups excluding carboxylic acids is 1. The van der Waals surface area contributed by atoms with Crippen molar-refractivity contribution in [1.29, 1.82) is 0 Å². The van der Waals surface area contributed by atoms with Crippen LogP contribution in [0.4, 0.5) is 18.9 Å². The van der Waals surface area contributed by atoms with Crippen molar-refractivity contribution in [3.63, 3.8) is 0 Å². The van der Waals surface area contributed by atoms with Crippen molar-refractivity contribution in [3.8, 4) is 5.75 Å². The predicted octanol–water partition coefficient (Wildman–Crippen LogP) is 2.77. The van der Waals surface area contributed by atoms with Crippen LogP contribution in [-0.4, -0.2) is 63.1 Å². The molecule has 3 rings (SSSR count). The van der Waals surface area contributed by atoms with E-state index in [0.29, 0.717) is 26.2 Å². The third kappa shape index (κ3) is 5.49. The van der Waals surface area contributed by atoms with E-state index in [9.17, 15) is 26.4 Å². The highest BCUT2D eigenvalue weighted by Gasteiger charge is 2.31. The van der Waals surface area contributed by atoms with Gasteiger partial charge in [0.05, 0.1) is 4.90 Å². The number of carbonyl (C=O) groups is 1. The molecule has 1 saturated heterocycles. The fourth-order valence-electron chi connectivity index (χ4n) is 2.92. The SMILES string of the molecule is CN1CCN(S(=O)(=O)c2cccc(C(=O)Nc3ccc(OC(F)(F)F)cc3)c2)CC1. The summed E-state index contributed by atoms with van der Waals surface area (Å²) in [4.78, 5) is 14.5. The van der Waals surface area contributed by atoms with E-state index >= 15 is 0 Å². The summed E-state index contributed by atoms with van der Waals surface area (Å²) in [6, 6.07) is 10.3. The van der Waals surface area contributed by atoms with Crippen molar-refractivity contribution in [2.24, 2.45) is 0 Å². The molecule has 30 heavy (non-hydrogen) atoms. The average Bonchev–Trinajstić information content (AvgIpc) is 2.69. The summed E-state index contributed by atoms with van der Waals surface area (Å²) < 4.78 is 67.5. The molecule has 0 bridgehead atoms. The number of sulfonamides is 1. The van der Waals surface area contributed by atoms with Gasteiger partial charge in [-0.2, -0.15) is 4.31 Å². The Morgan fingerprint density at radius 1 is 1.03 bits per heavy atom. The molecule has 1 aliphatic heterocycles. The molecular weight excluding hydrogens is 423 g/mol. The van der Waals surface area contributed by atoms with Crippen molar-refractivity contribution in [2.45, 2.75) is 11.3 Å². The van der Waals surface area contributed by atoms with E-state index in [-0.39, 0.29) is 16.1 Å². The van der Waals surface area contributed by atoms with Crippen LogP contribution in [0.5, 0.6) is 5.75 Å². The van der Waals surface area contributed by atoms with E-state index in [0.717, 1.165) is 12.1 Å². The number of hydrogen-bond donors (Lipinski definition) is 1. The molecule has 162 valence electrons. The topological polar surface area (TPSA) is 79.0 Å². The van der Waals surface area contributed by atoms with Crippen LogP contribution < -0.4 is 10.1 Å². The average molecular weight is 443 g/mol. The first kappa shape index (κ1) is 22.1. The Bertz CT molecular complexity index is 1000. The number of benzene rings is 2. The lowest BCUT2D eigenvalue weighted by Gasteiger charge is -2.31. The molecule has 1 aliphatic rings. The molecule has 0 aliphatic carbocycles. The Labute approximate surface area is 172 Å². The maximum Gasteiger partial charge on any atom is 0.573 e. The monoisotopic (exact) mass is 443 g/mol. The van der Waals surface area contributed by atoms with Crippen molar-refractivity contribution >= 4 is 21.6 Å². The molecule has 1 amide bonds. The fourth-order valence-corrected chi connectivity index (χ4v) is 4.39. The number of halogens is 3. The van der Waals surface area contributed by atoms with Gasteiger partial charge in [0.2, 0.25) is 10.0 Å². The number of hydrogen-bond acceptors (Lipinski definition) is 5. The van der Waals surface area contributed by atoms with Gasteiger partial charge >= 0.3 is 6.36 Å². The maximum absolute atomic E-state index is 12.8. The lowest BCUT2D eigenvalue weighted by Crippen LogP contribution is -2.47. The molecule has 0 spiro atoms. The van der Waals surface area contributed by atoms with Crippen LogP contribution in [-0.2, 0) is 10.0 Å². The van der Waals surface area contributed by atoms with Crippen LogP contribution in [0.1, 0.15) is 10.4 Å². The van der Waals surface area contributed by atoms with Gasteiger partial charge in [0.1, 0.15) is 5.75 Å². The van der Waals surface area contributed by atoms with Crippen LogP contribution in [0.3, 0.4) is 0 Å². The summed E-state index contributed by atoms with van der Waals surface area (Å²) in [5.41, 5.74) is 0.350. The quantitative estimate of drug-likeness (QED) is 0.769. The molecule has 0 unspecified atom stereocenters. The summed E-state index contributed by atoms with van der Waals surface area (Å²) in [6.45, 7) is 1.96. The van der Waals surface area contributed by atoms with Gasteiger partial charge in [-0.3, -0.25) is 4.79 Å². The Hall–Kier alpha value is -2.63. The summed E-state index contributed by atoms with van der Waals surface area (Å²) in [5, 5.41) is 2.52. The molecule has 0 atom stereocenters. The van der Waals surface area contributed by atoms with E-state index < -0.39 is 28.0 Å². The third-order valence-electron chi connectivity index (χ3n) is 4.54. The number of amides is 1. The summed E-state index contributed by atoms with van der Waals surface area (Å²) in [5.74, 6) is -1.00. The minimum absolute atomic E-state index is 0.00799. The normalized spacial score (nSPS) is 16.3. The Balaban J connectivity index is 1.72. The molecule has 1 heterocycles. The second-order valence-electron chi connectivity index (χ2n) is 6.76. The number of ether oxygens (including phenoxy) is 1. The standard InChI is InChI=1S/C19H20F3N3O4S/c1-24-9-11-25(12-10-24)30(27,28)17-4-2-3-14(13-17)18(26)23-15-5-7-16(8-6-15)29-19(20,21)22/h2-8,13H,9-12H2,1H3,(H,23,26). The van der Waals surface area contributed by atoms with Gasteiger partial charge in [-0.25, -0.2) is 8.42 Å². The van der Waals surface area contributed by atoms with Gasteiger partial charge in [0.25, 0.3) is 5.91 Å². The zero-order valence-electron chi connectivity index (χ0n) is 16.0. The number of anilines is 1. The van der Waals surface area contributed by atoms with Gasteiger partial charge < -0.3 is 15.0 Å². The molecule has 0 radical (unpaired) electrons. The van der Waals surface area contributed by atoms with Gasteiger partial charge in [-0.05, 0) is 49.5 Å². The second-order valence-corrected chi connectivity index (χ2v) is 8.70. The molecule has 11 heteroatoms. The zero-order chi connectivity index (χ0) is 21.9. The largest absolute Gasteiger partial charge is 0.573 e. The Morgan fingerprint density at radius 2 is 1.67 bits per heavy atom. The molecule has 1 fully saturated rings. The van der Waals surface area contributed by atoms with Crippen LogP contribution in [0.25, 0.3) is 0 Å². The first-order valence-electron chi connectivity index (χ1n) is 9.00. The zero-order valence-corrected chi connectivity index (χ0v) is 16.8. The van der Waals surface area contributed by atoms with Gasteiger partial charge in [0, 0.05) is 37.4 Å². The van der Waals surface area contributed by atoms with Crippen molar-refractivity contribution < 1.29 is 31.1 Å². The van der Waals surface area contributed by atoms with E-state index in [4.69, 9.17) is 0 Å². The van der Waals surface area contributed by atoms with Gasteiger partial charge in [-0.1, -0.05) is 6.07 Å². The molecule has 0 saturated carbocycles. The number of likely N-dealkylation sites (N-methyl/N-ethyl adjacent to an activating group) is 1. The number of nitrogens with one attached hydrogen (secondary N) is 1. The van der Waals surface area contributed by atoms with Gasteiger partial charge in [0.15, 0.2) is 0 Å². The van der Waals surface area contributed by atoms with Gasteiger partial charge in [-0.15, -0.1) is 13.2 Å². The number of rotatable bonds is 5. The fraction of sp³-hybridized carbons (Fsp3) is 0.316. The Kier molecular flexibility index (Phi) is 6.34. The van der Waals surface area contributed by atoms with Crippen molar-refractivity contribution in [2.75, 3.05) is 38.5 Å². The molecule has 1 N–H and O–H groups in total. The number of nitrogens with zero attached hydrogens (tertiary/aromatic N) is 2. The molecule has 0 aromatic heterocycles.